The lowest BCUT2D eigenvalue weighted by Crippen LogP contribution is -2.28. The third kappa shape index (κ3) is 3.63. The van der Waals surface area contributed by atoms with Crippen molar-refractivity contribution in [3.8, 4) is 0 Å². The number of anilines is 1. The lowest BCUT2D eigenvalue weighted by atomic mass is 10.1. The molecule has 1 saturated heterocycles. The molecule has 0 radical (unpaired) electrons. The van der Waals surface area contributed by atoms with E-state index in [1.165, 1.54) is 0 Å². The highest BCUT2D eigenvalue weighted by Crippen LogP contribution is 2.23. The molecule has 1 unspecified atom stereocenters. The number of carbonyl (C=O) groups is 1. The van der Waals surface area contributed by atoms with Gasteiger partial charge in [-0.05, 0) is 30.9 Å². The molecular weight excluding hydrogens is 274 g/mol. The SMILES string of the molecule is CCCNc1cc(C(=O)N2CCC(CC)C2)cc(Cl)n1. The molecule has 1 atom stereocenters. The lowest BCUT2D eigenvalue weighted by Gasteiger charge is -2.17. The fraction of sp³-hybridized carbons (Fsp3) is 0.600. The van der Waals surface area contributed by atoms with Gasteiger partial charge in [0.2, 0.25) is 0 Å². The van der Waals surface area contributed by atoms with Crippen molar-refractivity contribution in [3.05, 3.63) is 22.8 Å². The van der Waals surface area contributed by atoms with Gasteiger partial charge in [0.05, 0.1) is 0 Å². The van der Waals surface area contributed by atoms with Gasteiger partial charge in [0, 0.05) is 25.2 Å². The molecule has 0 saturated carbocycles. The van der Waals surface area contributed by atoms with Crippen LogP contribution in [0.4, 0.5) is 5.82 Å². The van der Waals surface area contributed by atoms with Gasteiger partial charge < -0.3 is 10.2 Å². The number of hydrogen-bond acceptors (Lipinski definition) is 3. The smallest absolute Gasteiger partial charge is 0.254 e. The topological polar surface area (TPSA) is 45.2 Å². The van der Waals surface area contributed by atoms with E-state index in [1.54, 1.807) is 12.1 Å². The zero-order valence-electron chi connectivity index (χ0n) is 12.2. The molecule has 0 bridgehead atoms. The molecule has 0 aromatic carbocycles. The molecule has 1 fully saturated rings. The van der Waals surface area contributed by atoms with Crippen LogP contribution in [0.1, 0.15) is 43.5 Å². The van der Waals surface area contributed by atoms with E-state index in [0.717, 1.165) is 38.9 Å². The maximum absolute atomic E-state index is 12.5. The van der Waals surface area contributed by atoms with E-state index in [-0.39, 0.29) is 5.91 Å². The Bertz CT molecular complexity index is 478. The van der Waals surface area contributed by atoms with Crippen LogP contribution in [0.3, 0.4) is 0 Å². The second kappa shape index (κ2) is 6.93. The minimum atomic E-state index is 0.0600. The van der Waals surface area contributed by atoms with E-state index in [0.29, 0.717) is 22.5 Å². The van der Waals surface area contributed by atoms with Crippen molar-refractivity contribution in [2.75, 3.05) is 25.0 Å². The van der Waals surface area contributed by atoms with Crippen molar-refractivity contribution >= 4 is 23.3 Å². The number of rotatable bonds is 5. The first-order valence-corrected chi connectivity index (χ1v) is 7.72. The zero-order valence-corrected chi connectivity index (χ0v) is 12.9. The summed E-state index contributed by atoms with van der Waals surface area (Å²) in [6, 6.07) is 3.45. The number of aromatic nitrogens is 1. The maximum Gasteiger partial charge on any atom is 0.254 e. The van der Waals surface area contributed by atoms with Gasteiger partial charge in [-0.1, -0.05) is 31.9 Å². The van der Waals surface area contributed by atoms with E-state index in [9.17, 15) is 4.79 Å². The molecule has 5 heteroatoms. The second-order valence-electron chi connectivity index (χ2n) is 5.30. The monoisotopic (exact) mass is 295 g/mol. The normalized spacial score (nSPS) is 18.4. The lowest BCUT2D eigenvalue weighted by molar-refractivity contribution is 0.0787. The summed E-state index contributed by atoms with van der Waals surface area (Å²) < 4.78 is 0. The Morgan fingerprint density at radius 2 is 2.30 bits per heavy atom. The van der Waals surface area contributed by atoms with Gasteiger partial charge >= 0.3 is 0 Å². The van der Waals surface area contributed by atoms with Crippen molar-refractivity contribution in [1.29, 1.82) is 0 Å². The number of halogens is 1. The molecule has 1 N–H and O–H groups in total. The zero-order chi connectivity index (χ0) is 14.5. The van der Waals surface area contributed by atoms with Crippen LogP contribution < -0.4 is 5.32 Å². The third-order valence-electron chi connectivity index (χ3n) is 3.75. The standard InChI is InChI=1S/C15H22ClN3O/c1-3-6-17-14-9-12(8-13(16)18-14)15(20)19-7-5-11(4-2)10-19/h8-9,11H,3-7,10H2,1-2H3,(H,17,18). The average molecular weight is 296 g/mol. The highest BCUT2D eigenvalue weighted by molar-refractivity contribution is 6.29. The summed E-state index contributed by atoms with van der Waals surface area (Å²) in [6.45, 7) is 6.78. The molecule has 1 amide bonds. The van der Waals surface area contributed by atoms with Crippen LogP contribution in [-0.2, 0) is 0 Å². The summed E-state index contributed by atoms with van der Waals surface area (Å²) in [6.07, 6.45) is 3.23. The second-order valence-corrected chi connectivity index (χ2v) is 5.69. The van der Waals surface area contributed by atoms with E-state index >= 15 is 0 Å². The highest BCUT2D eigenvalue weighted by atomic mass is 35.5. The summed E-state index contributed by atoms with van der Waals surface area (Å²) in [5.74, 6) is 1.37. The Labute approximate surface area is 125 Å². The van der Waals surface area contributed by atoms with E-state index in [2.05, 4.69) is 24.1 Å². The molecule has 1 aliphatic heterocycles. The van der Waals surface area contributed by atoms with Crippen molar-refractivity contribution in [2.24, 2.45) is 5.92 Å². The highest BCUT2D eigenvalue weighted by Gasteiger charge is 2.26. The van der Waals surface area contributed by atoms with Gasteiger partial charge in [0.15, 0.2) is 0 Å². The Kier molecular flexibility index (Phi) is 5.24. The number of nitrogens with zero attached hydrogens (tertiary/aromatic N) is 2. The summed E-state index contributed by atoms with van der Waals surface area (Å²) in [4.78, 5) is 18.6. The molecule has 0 aliphatic carbocycles. The first-order chi connectivity index (χ1) is 9.63. The van der Waals surface area contributed by atoms with E-state index in [4.69, 9.17) is 11.6 Å². The number of amides is 1. The van der Waals surface area contributed by atoms with Crippen LogP contribution in [-0.4, -0.2) is 35.4 Å². The summed E-state index contributed by atoms with van der Waals surface area (Å²) >= 11 is 6.01. The first kappa shape index (κ1) is 15.1. The Morgan fingerprint density at radius 3 is 2.95 bits per heavy atom. The quantitative estimate of drug-likeness (QED) is 0.847. The molecule has 1 aromatic heterocycles. The van der Waals surface area contributed by atoms with Crippen LogP contribution in [0.2, 0.25) is 5.15 Å². The largest absolute Gasteiger partial charge is 0.370 e. The molecule has 20 heavy (non-hydrogen) atoms. The molecule has 0 spiro atoms. The van der Waals surface area contributed by atoms with Crippen LogP contribution >= 0.6 is 11.6 Å². The first-order valence-electron chi connectivity index (χ1n) is 7.34. The molecule has 1 aliphatic rings. The predicted molar refractivity (Wildman–Crippen MR) is 82.3 cm³/mol. The summed E-state index contributed by atoms with van der Waals surface area (Å²) in [5.41, 5.74) is 0.625. The summed E-state index contributed by atoms with van der Waals surface area (Å²) in [7, 11) is 0. The van der Waals surface area contributed by atoms with Gasteiger partial charge in [-0.3, -0.25) is 4.79 Å². The van der Waals surface area contributed by atoms with Crippen LogP contribution in [0.5, 0.6) is 0 Å². The number of hydrogen-bond donors (Lipinski definition) is 1. The average Bonchev–Trinajstić information content (AvgIpc) is 2.92. The van der Waals surface area contributed by atoms with Gasteiger partial charge in [0.25, 0.3) is 5.91 Å². The summed E-state index contributed by atoms with van der Waals surface area (Å²) in [5, 5.41) is 3.54. The van der Waals surface area contributed by atoms with Crippen molar-refractivity contribution in [2.45, 2.75) is 33.1 Å². The van der Waals surface area contributed by atoms with Gasteiger partial charge in [-0.25, -0.2) is 4.98 Å². The van der Waals surface area contributed by atoms with Crippen molar-refractivity contribution in [1.82, 2.24) is 9.88 Å². The number of pyridine rings is 1. The number of likely N-dealkylation sites (tertiary alicyclic amines) is 1. The molecular formula is C15H22ClN3O. The maximum atomic E-state index is 12.5. The van der Waals surface area contributed by atoms with Gasteiger partial charge in [-0.15, -0.1) is 0 Å². The molecule has 4 nitrogen and oxygen atoms in total. The third-order valence-corrected chi connectivity index (χ3v) is 3.94. The number of nitrogens with one attached hydrogen (secondary N) is 1. The Hall–Kier alpha value is -1.29. The van der Waals surface area contributed by atoms with Crippen LogP contribution in [0.25, 0.3) is 0 Å². The Balaban J connectivity index is 2.11. The molecule has 110 valence electrons. The van der Waals surface area contributed by atoms with Crippen molar-refractivity contribution < 1.29 is 4.79 Å². The molecule has 1 aromatic rings. The minimum Gasteiger partial charge on any atom is -0.370 e. The van der Waals surface area contributed by atoms with E-state index < -0.39 is 0 Å². The molecule has 2 heterocycles. The number of carbonyl (C=O) groups excluding carboxylic acids is 1. The van der Waals surface area contributed by atoms with Gasteiger partial charge in [0.1, 0.15) is 11.0 Å². The fourth-order valence-corrected chi connectivity index (χ4v) is 2.71. The predicted octanol–water partition coefficient (Wildman–Crippen LogP) is 3.43. The van der Waals surface area contributed by atoms with E-state index in [1.807, 2.05) is 4.90 Å². The van der Waals surface area contributed by atoms with Crippen LogP contribution in [0, 0.1) is 5.92 Å². The fourth-order valence-electron chi connectivity index (χ4n) is 2.50. The van der Waals surface area contributed by atoms with Crippen molar-refractivity contribution in [3.63, 3.8) is 0 Å². The molecule has 2 rings (SSSR count). The minimum absolute atomic E-state index is 0.0600. The Morgan fingerprint density at radius 1 is 1.50 bits per heavy atom. The van der Waals surface area contributed by atoms with Gasteiger partial charge in [-0.2, -0.15) is 0 Å². The van der Waals surface area contributed by atoms with Crippen LogP contribution in [0.15, 0.2) is 12.1 Å².